The van der Waals surface area contributed by atoms with Gasteiger partial charge in [-0.05, 0) is 57.3 Å². The monoisotopic (exact) mass is 304 g/mol. The highest BCUT2D eigenvalue weighted by molar-refractivity contribution is 5.14. The van der Waals surface area contributed by atoms with E-state index in [4.69, 9.17) is 10.5 Å². The summed E-state index contributed by atoms with van der Waals surface area (Å²) < 4.78 is 5.72. The van der Waals surface area contributed by atoms with Crippen LogP contribution in [0.15, 0.2) is 30.3 Å². The molecule has 1 fully saturated rings. The highest BCUT2D eigenvalue weighted by atomic mass is 16.5. The Morgan fingerprint density at radius 1 is 0.955 bits per heavy atom. The van der Waals surface area contributed by atoms with Crippen LogP contribution in [0.3, 0.4) is 0 Å². The van der Waals surface area contributed by atoms with E-state index in [1.165, 1.54) is 63.7 Å². The van der Waals surface area contributed by atoms with E-state index >= 15 is 0 Å². The fourth-order valence-electron chi connectivity index (χ4n) is 3.01. The number of piperidine rings is 1. The zero-order valence-electron chi connectivity index (χ0n) is 13.9. The van der Waals surface area contributed by atoms with Crippen LogP contribution in [0, 0.1) is 0 Å². The van der Waals surface area contributed by atoms with Crippen molar-refractivity contribution >= 4 is 0 Å². The minimum Gasteiger partial charge on any atom is -0.381 e. The minimum atomic E-state index is 0.448. The molecule has 0 amide bonds. The molecule has 0 atom stereocenters. The number of nitrogens with two attached hydrogens (primary N) is 1. The standard InChI is InChI=1S/C19H32N2O/c20-19-10-14-21(15-11-19)13-6-1-2-7-16-22-17-12-18-8-4-3-5-9-18/h3-5,8-9,19H,1-2,6-7,10-17,20H2. The normalized spacial score (nSPS) is 17.0. The van der Waals surface area contributed by atoms with Crippen LogP contribution in [-0.4, -0.2) is 43.8 Å². The van der Waals surface area contributed by atoms with E-state index in [0.29, 0.717) is 6.04 Å². The number of rotatable bonds is 10. The van der Waals surface area contributed by atoms with Gasteiger partial charge in [-0.1, -0.05) is 43.2 Å². The van der Waals surface area contributed by atoms with Crippen LogP contribution in [-0.2, 0) is 11.2 Å². The highest BCUT2D eigenvalue weighted by Gasteiger charge is 2.14. The summed E-state index contributed by atoms with van der Waals surface area (Å²) in [6, 6.07) is 11.0. The molecule has 1 aliphatic rings. The van der Waals surface area contributed by atoms with E-state index in [0.717, 1.165) is 19.6 Å². The molecule has 0 spiro atoms. The van der Waals surface area contributed by atoms with Crippen LogP contribution in [0.25, 0.3) is 0 Å². The first kappa shape index (κ1) is 17.5. The molecule has 3 heteroatoms. The highest BCUT2D eigenvalue weighted by Crippen LogP contribution is 2.10. The lowest BCUT2D eigenvalue weighted by atomic mass is 10.1. The second kappa shape index (κ2) is 10.8. The average Bonchev–Trinajstić information content (AvgIpc) is 2.56. The predicted octanol–water partition coefficient (Wildman–Crippen LogP) is 3.23. The average molecular weight is 304 g/mol. The maximum Gasteiger partial charge on any atom is 0.0506 e. The Labute approximate surface area is 135 Å². The molecule has 0 radical (unpaired) electrons. The quantitative estimate of drug-likeness (QED) is 0.675. The number of likely N-dealkylation sites (tertiary alicyclic amines) is 1. The van der Waals surface area contributed by atoms with E-state index < -0.39 is 0 Å². The Kier molecular flexibility index (Phi) is 8.54. The summed E-state index contributed by atoms with van der Waals surface area (Å²) in [5.41, 5.74) is 7.29. The van der Waals surface area contributed by atoms with E-state index in [1.54, 1.807) is 0 Å². The summed E-state index contributed by atoms with van der Waals surface area (Å²) in [6.45, 7) is 5.40. The van der Waals surface area contributed by atoms with Crippen molar-refractivity contribution in [3.63, 3.8) is 0 Å². The second-order valence-electron chi connectivity index (χ2n) is 6.44. The fourth-order valence-corrected chi connectivity index (χ4v) is 3.01. The van der Waals surface area contributed by atoms with Gasteiger partial charge in [0.1, 0.15) is 0 Å². The molecule has 124 valence electrons. The van der Waals surface area contributed by atoms with Gasteiger partial charge in [0.25, 0.3) is 0 Å². The Hall–Kier alpha value is -0.900. The number of hydrogen-bond donors (Lipinski definition) is 1. The SMILES string of the molecule is NC1CCN(CCCCCCOCCc2ccccc2)CC1. The molecule has 1 heterocycles. The van der Waals surface area contributed by atoms with E-state index in [2.05, 4.69) is 35.2 Å². The van der Waals surface area contributed by atoms with Crippen molar-refractivity contribution in [1.82, 2.24) is 4.90 Å². The van der Waals surface area contributed by atoms with Crippen molar-refractivity contribution in [3.05, 3.63) is 35.9 Å². The van der Waals surface area contributed by atoms with Crippen molar-refractivity contribution in [2.45, 2.75) is 51.0 Å². The number of nitrogens with zero attached hydrogens (tertiary/aromatic N) is 1. The first-order valence-corrected chi connectivity index (χ1v) is 8.94. The molecule has 0 saturated carbocycles. The summed E-state index contributed by atoms with van der Waals surface area (Å²) in [6.07, 6.45) is 8.50. The molecule has 0 unspecified atom stereocenters. The molecule has 1 aromatic carbocycles. The zero-order chi connectivity index (χ0) is 15.5. The molecule has 1 saturated heterocycles. The molecule has 1 aromatic rings. The van der Waals surface area contributed by atoms with Crippen molar-refractivity contribution in [2.75, 3.05) is 32.8 Å². The third kappa shape index (κ3) is 7.39. The predicted molar refractivity (Wildman–Crippen MR) is 93.1 cm³/mol. The number of ether oxygens (including phenoxy) is 1. The van der Waals surface area contributed by atoms with Gasteiger partial charge >= 0.3 is 0 Å². The lowest BCUT2D eigenvalue weighted by Gasteiger charge is -2.29. The smallest absolute Gasteiger partial charge is 0.0506 e. The Morgan fingerprint density at radius 3 is 2.45 bits per heavy atom. The van der Waals surface area contributed by atoms with Gasteiger partial charge in [0, 0.05) is 12.6 Å². The van der Waals surface area contributed by atoms with Gasteiger partial charge in [-0.3, -0.25) is 0 Å². The Balaban J connectivity index is 1.36. The van der Waals surface area contributed by atoms with E-state index in [1.807, 2.05) is 0 Å². The van der Waals surface area contributed by atoms with Gasteiger partial charge < -0.3 is 15.4 Å². The number of unbranched alkanes of at least 4 members (excludes halogenated alkanes) is 3. The van der Waals surface area contributed by atoms with Crippen LogP contribution >= 0.6 is 0 Å². The summed E-state index contributed by atoms with van der Waals surface area (Å²) in [7, 11) is 0. The fraction of sp³-hybridized carbons (Fsp3) is 0.684. The van der Waals surface area contributed by atoms with Gasteiger partial charge in [-0.25, -0.2) is 0 Å². The summed E-state index contributed by atoms with van der Waals surface area (Å²) >= 11 is 0. The molecule has 2 rings (SSSR count). The van der Waals surface area contributed by atoms with E-state index in [-0.39, 0.29) is 0 Å². The first-order valence-electron chi connectivity index (χ1n) is 8.94. The summed E-state index contributed by atoms with van der Waals surface area (Å²) in [5.74, 6) is 0. The van der Waals surface area contributed by atoms with Crippen LogP contribution in [0.5, 0.6) is 0 Å². The Morgan fingerprint density at radius 2 is 1.68 bits per heavy atom. The van der Waals surface area contributed by atoms with Gasteiger partial charge in [-0.2, -0.15) is 0 Å². The summed E-state index contributed by atoms with van der Waals surface area (Å²) in [4.78, 5) is 2.57. The van der Waals surface area contributed by atoms with Crippen LogP contribution < -0.4 is 5.73 Å². The molecule has 2 N–H and O–H groups in total. The van der Waals surface area contributed by atoms with Crippen molar-refractivity contribution in [2.24, 2.45) is 5.73 Å². The topological polar surface area (TPSA) is 38.5 Å². The maximum atomic E-state index is 5.93. The largest absolute Gasteiger partial charge is 0.381 e. The summed E-state index contributed by atoms with van der Waals surface area (Å²) in [5, 5.41) is 0. The number of benzene rings is 1. The first-order chi connectivity index (χ1) is 10.8. The Bertz CT molecular complexity index is 374. The molecule has 3 nitrogen and oxygen atoms in total. The zero-order valence-corrected chi connectivity index (χ0v) is 13.9. The van der Waals surface area contributed by atoms with Gasteiger partial charge in [0.2, 0.25) is 0 Å². The van der Waals surface area contributed by atoms with E-state index in [9.17, 15) is 0 Å². The molecule has 1 aliphatic heterocycles. The third-order valence-electron chi connectivity index (χ3n) is 4.52. The van der Waals surface area contributed by atoms with Crippen molar-refractivity contribution < 1.29 is 4.74 Å². The van der Waals surface area contributed by atoms with Crippen molar-refractivity contribution in [3.8, 4) is 0 Å². The van der Waals surface area contributed by atoms with Crippen LogP contribution in [0.2, 0.25) is 0 Å². The van der Waals surface area contributed by atoms with Crippen LogP contribution in [0.1, 0.15) is 44.1 Å². The lowest BCUT2D eigenvalue weighted by molar-refractivity contribution is 0.132. The molecule has 0 aliphatic carbocycles. The molecule has 22 heavy (non-hydrogen) atoms. The lowest BCUT2D eigenvalue weighted by Crippen LogP contribution is -2.39. The molecule has 0 bridgehead atoms. The molecular formula is C19H32N2O. The maximum absolute atomic E-state index is 5.93. The van der Waals surface area contributed by atoms with Gasteiger partial charge in [-0.15, -0.1) is 0 Å². The van der Waals surface area contributed by atoms with Crippen LogP contribution in [0.4, 0.5) is 0 Å². The second-order valence-corrected chi connectivity index (χ2v) is 6.44. The van der Waals surface area contributed by atoms with Crippen molar-refractivity contribution in [1.29, 1.82) is 0 Å². The third-order valence-corrected chi connectivity index (χ3v) is 4.52. The van der Waals surface area contributed by atoms with Gasteiger partial charge in [0.05, 0.1) is 6.61 Å². The van der Waals surface area contributed by atoms with Gasteiger partial charge in [0.15, 0.2) is 0 Å². The minimum absolute atomic E-state index is 0.448. The molecular weight excluding hydrogens is 272 g/mol. The molecule has 0 aromatic heterocycles. The number of hydrogen-bond acceptors (Lipinski definition) is 3.